The number of carbonyl (C=O) groups is 2. The molecule has 3 rings (SSSR count). The molecule has 34 heavy (non-hydrogen) atoms. The highest BCUT2D eigenvalue weighted by Crippen LogP contribution is 2.27. The van der Waals surface area contributed by atoms with Gasteiger partial charge < -0.3 is 15.0 Å². The second-order valence-electron chi connectivity index (χ2n) is 8.78. The lowest BCUT2D eigenvalue weighted by Gasteiger charge is -2.33. The Kier molecular flexibility index (Phi) is 10.1. The van der Waals surface area contributed by atoms with Crippen molar-refractivity contribution < 1.29 is 14.3 Å². The van der Waals surface area contributed by atoms with Crippen molar-refractivity contribution in [3.8, 4) is 5.75 Å². The maximum absolute atomic E-state index is 13.4. The molecule has 1 saturated carbocycles. The number of hydrogen-bond donors (Lipinski definition) is 1. The van der Waals surface area contributed by atoms with Crippen LogP contribution < -0.4 is 10.1 Å². The van der Waals surface area contributed by atoms with E-state index in [4.69, 9.17) is 27.9 Å². The number of amides is 2. The van der Waals surface area contributed by atoms with E-state index in [-0.39, 0.29) is 31.0 Å². The number of halogens is 2. The quantitative estimate of drug-likeness (QED) is 0.419. The van der Waals surface area contributed by atoms with Crippen LogP contribution in [-0.4, -0.2) is 35.4 Å². The minimum Gasteiger partial charge on any atom is -0.484 e. The van der Waals surface area contributed by atoms with E-state index in [0.717, 1.165) is 32.1 Å². The van der Waals surface area contributed by atoms with E-state index in [9.17, 15) is 9.59 Å². The van der Waals surface area contributed by atoms with Crippen LogP contribution in [-0.2, 0) is 22.6 Å². The largest absolute Gasteiger partial charge is 0.484 e. The number of nitrogens with one attached hydrogen (secondary N) is 1. The molecule has 1 atom stereocenters. The van der Waals surface area contributed by atoms with Gasteiger partial charge in [0.05, 0.1) is 0 Å². The molecule has 0 bridgehead atoms. The smallest absolute Gasteiger partial charge is 0.261 e. The topological polar surface area (TPSA) is 58.6 Å². The highest BCUT2D eigenvalue weighted by Gasteiger charge is 2.31. The summed E-state index contributed by atoms with van der Waals surface area (Å²) >= 11 is 12.8. The second kappa shape index (κ2) is 13.0. The van der Waals surface area contributed by atoms with Crippen molar-refractivity contribution in [1.82, 2.24) is 10.2 Å². The van der Waals surface area contributed by atoms with Crippen LogP contribution in [0.1, 0.15) is 63.5 Å². The fourth-order valence-corrected chi connectivity index (χ4v) is 4.88. The minimum atomic E-state index is -0.646. The lowest BCUT2D eigenvalue weighted by molar-refractivity contribution is -0.143. The third kappa shape index (κ3) is 7.13. The van der Waals surface area contributed by atoms with Crippen LogP contribution in [0.4, 0.5) is 0 Å². The molecular formula is C27H34Cl2N2O3. The molecule has 0 aliphatic heterocycles. The number of rotatable bonds is 10. The van der Waals surface area contributed by atoms with Crippen molar-refractivity contribution in [2.24, 2.45) is 0 Å². The van der Waals surface area contributed by atoms with E-state index in [0.29, 0.717) is 27.8 Å². The van der Waals surface area contributed by atoms with E-state index in [1.54, 1.807) is 23.1 Å². The highest BCUT2D eigenvalue weighted by molar-refractivity contribution is 6.36. The van der Waals surface area contributed by atoms with Crippen LogP contribution >= 0.6 is 23.2 Å². The van der Waals surface area contributed by atoms with Gasteiger partial charge in [-0.05, 0) is 55.5 Å². The molecule has 0 aromatic heterocycles. The van der Waals surface area contributed by atoms with Gasteiger partial charge in [0.1, 0.15) is 11.8 Å². The Morgan fingerprint density at radius 3 is 2.26 bits per heavy atom. The number of carbonyl (C=O) groups excluding carboxylic acids is 2. The molecule has 0 spiro atoms. The normalized spacial score (nSPS) is 14.9. The molecule has 5 nitrogen and oxygen atoms in total. The first-order valence-corrected chi connectivity index (χ1v) is 12.9. The number of ether oxygens (including phenoxy) is 1. The van der Waals surface area contributed by atoms with E-state index >= 15 is 0 Å². The standard InChI is InChI=1S/C27H34Cl2N2O3/c1-3-19-13-15-21(16-14-19)34-18-26(32)31(17-22-23(28)11-8-12-24(22)29)25(4-2)27(33)30-20-9-6-5-7-10-20/h8,11-16,20,25H,3-7,9-10,17-18H2,1-2H3,(H,30,33)/t25-/m0/s1. The SMILES string of the molecule is CCc1ccc(OCC(=O)N(Cc2c(Cl)cccc2Cl)[C@@H](CC)C(=O)NC2CCCCC2)cc1. The molecule has 1 aliphatic rings. The molecule has 2 aromatic carbocycles. The maximum atomic E-state index is 13.4. The summed E-state index contributed by atoms with van der Waals surface area (Å²) < 4.78 is 5.78. The van der Waals surface area contributed by atoms with Gasteiger partial charge in [0.25, 0.3) is 5.91 Å². The molecule has 0 saturated heterocycles. The molecule has 0 unspecified atom stereocenters. The third-order valence-corrected chi connectivity index (χ3v) is 7.13. The summed E-state index contributed by atoms with van der Waals surface area (Å²) in [6.07, 6.45) is 6.79. The first-order chi connectivity index (χ1) is 16.4. The van der Waals surface area contributed by atoms with Crippen LogP contribution in [0.25, 0.3) is 0 Å². The number of benzene rings is 2. The third-order valence-electron chi connectivity index (χ3n) is 6.42. The molecule has 1 N–H and O–H groups in total. The van der Waals surface area contributed by atoms with E-state index in [2.05, 4.69) is 12.2 Å². The second-order valence-corrected chi connectivity index (χ2v) is 9.59. The predicted molar refractivity (Wildman–Crippen MR) is 137 cm³/mol. The molecule has 0 heterocycles. The van der Waals surface area contributed by atoms with Gasteiger partial charge in [-0.25, -0.2) is 0 Å². The van der Waals surface area contributed by atoms with Crippen LogP contribution in [0.5, 0.6) is 5.75 Å². The zero-order valence-electron chi connectivity index (χ0n) is 20.0. The van der Waals surface area contributed by atoms with Gasteiger partial charge in [-0.2, -0.15) is 0 Å². The summed E-state index contributed by atoms with van der Waals surface area (Å²) in [4.78, 5) is 28.2. The zero-order chi connectivity index (χ0) is 24.5. The maximum Gasteiger partial charge on any atom is 0.261 e. The Morgan fingerprint density at radius 1 is 1.03 bits per heavy atom. The summed E-state index contributed by atoms with van der Waals surface area (Å²) in [5.74, 6) is 0.181. The number of nitrogens with zero attached hydrogens (tertiary/aromatic N) is 1. The van der Waals surface area contributed by atoms with Crippen LogP contribution in [0.3, 0.4) is 0 Å². The first-order valence-electron chi connectivity index (χ1n) is 12.2. The monoisotopic (exact) mass is 504 g/mol. The average Bonchev–Trinajstić information content (AvgIpc) is 2.85. The van der Waals surface area contributed by atoms with E-state index in [1.165, 1.54) is 12.0 Å². The van der Waals surface area contributed by atoms with Crippen molar-refractivity contribution in [1.29, 1.82) is 0 Å². The summed E-state index contributed by atoms with van der Waals surface area (Å²) in [5.41, 5.74) is 1.81. The fraction of sp³-hybridized carbons (Fsp3) is 0.481. The van der Waals surface area contributed by atoms with Gasteiger partial charge in [0, 0.05) is 28.2 Å². The Bertz CT molecular complexity index is 939. The summed E-state index contributed by atoms with van der Waals surface area (Å²) in [6, 6.07) is 12.4. The summed E-state index contributed by atoms with van der Waals surface area (Å²) in [5, 5.41) is 4.09. The lowest BCUT2D eigenvalue weighted by atomic mass is 9.95. The molecule has 1 fully saturated rings. The van der Waals surface area contributed by atoms with Gasteiger partial charge in [-0.1, -0.05) is 74.5 Å². The molecule has 0 radical (unpaired) electrons. The molecule has 184 valence electrons. The van der Waals surface area contributed by atoms with Crippen LogP contribution in [0.15, 0.2) is 42.5 Å². The lowest BCUT2D eigenvalue weighted by Crippen LogP contribution is -2.52. The van der Waals surface area contributed by atoms with Crippen molar-refractivity contribution in [3.05, 3.63) is 63.6 Å². The Morgan fingerprint density at radius 2 is 1.68 bits per heavy atom. The molecular weight excluding hydrogens is 471 g/mol. The zero-order valence-corrected chi connectivity index (χ0v) is 21.5. The van der Waals surface area contributed by atoms with Crippen molar-refractivity contribution in [2.75, 3.05) is 6.61 Å². The van der Waals surface area contributed by atoms with Gasteiger partial charge in [-0.15, -0.1) is 0 Å². The van der Waals surface area contributed by atoms with Crippen molar-refractivity contribution >= 4 is 35.0 Å². The molecule has 2 aromatic rings. The van der Waals surface area contributed by atoms with Crippen molar-refractivity contribution in [2.45, 2.75) is 77.4 Å². The van der Waals surface area contributed by atoms with Crippen molar-refractivity contribution in [3.63, 3.8) is 0 Å². The van der Waals surface area contributed by atoms with Gasteiger partial charge in [0.2, 0.25) is 5.91 Å². The van der Waals surface area contributed by atoms with E-state index in [1.807, 2.05) is 31.2 Å². The number of hydrogen-bond acceptors (Lipinski definition) is 3. The van der Waals surface area contributed by atoms with Gasteiger partial charge in [0.15, 0.2) is 6.61 Å². The first kappa shape index (κ1) is 26.4. The Labute approximate surface area is 212 Å². The molecule has 2 amide bonds. The predicted octanol–water partition coefficient (Wildman–Crippen LogP) is 6.19. The summed E-state index contributed by atoms with van der Waals surface area (Å²) in [7, 11) is 0. The fourth-order valence-electron chi connectivity index (χ4n) is 4.37. The average molecular weight is 505 g/mol. The summed E-state index contributed by atoms with van der Waals surface area (Å²) in [6.45, 7) is 3.94. The van der Waals surface area contributed by atoms with Crippen LogP contribution in [0, 0.1) is 0 Å². The van der Waals surface area contributed by atoms with Gasteiger partial charge >= 0.3 is 0 Å². The minimum absolute atomic E-state index is 0.131. The Hall–Kier alpha value is -2.24. The Balaban J connectivity index is 1.78. The molecule has 7 heteroatoms. The van der Waals surface area contributed by atoms with E-state index < -0.39 is 6.04 Å². The van der Waals surface area contributed by atoms with Crippen LogP contribution in [0.2, 0.25) is 10.0 Å². The highest BCUT2D eigenvalue weighted by atomic mass is 35.5. The molecule has 1 aliphatic carbocycles. The van der Waals surface area contributed by atoms with Gasteiger partial charge in [-0.3, -0.25) is 9.59 Å². The number of aryl methyl sites for hydroxylation is 1.